The second-order valence-corrected chi connectivity index (χ2v) is 11.0. The van der Waals surface area contributed by atoms with Gasteiger partial charge in [0.1, 0.15) is 0 Å². The van der Waals surface area contributed by atoms with Crippen LogP contribution in [-0.2, 0) is 16.0 Å². The zero-order valence-electron chi connectivity index (χ0n) is 21.0. The summed E-state index contributed by atoms with van der Waals surface area (Å²) in [7, 11) is 0. The fraction of sp³-hybridized carbons (Fsp3) is 0.414. The molecule has 1 amide bonds. The number of carbonyl (C=O) groups excluding carboxylic acids is 2. The van der Waals surface area contributed by atoms with Crippen molar-refractivity contribution in [2.45, 2.75) is 47.0 Å². The van der Waals surface area contributed by atoms with E-state index < -0.39 is 5.97 Å². The van der Waals surface area contributed by atoms with Crippen molar-refractivity contribution in [3.63, 3.8) is 0 Å². The Morgan fingerprint density at radius 1 is 1.06 bits per heavy atom. The van der Waals surface area contributed by atoms with E-state index in [9.17, 15) is 9.59 Å². The van der Waals surface area contributed by atoms with Gasteiger partial charge in [0, 0.05) is 23.4 Å². The van der Waals surface area contributed by atoms with Gasteiger partial charge in [-0.3, -0.25) is 4.79 Å². The maximum Gasteiger partial charge on any atom is 0.339 e. The number of aromatic nitrogens is 1. The van der Waals surface area contributed by atoms with Gasteiger partial charge in [-0.1, -0.05) is 52.0 Å². The summed E-state index contributed by atoms with van der Waals surface area (Å²) >= 11 is 1.69. The van der Waals surface area contributed by atoms with Gasteiger partial charge in [-0.2, -0.15) is 0 Å². The number of nitrogens with zero attached hydrogens (tertiary/aromatic N) is 2. The minimum absolute atomic E-state index is 0.147. The third-order valence-corrected chi connectivity index (χ3v) is 6.90. The molecule has 5 nitrogen and oxygen atoms in total. The maximum absolute atomic E-state index is 13.5. The van der Waals surface area contributed by atoms with Gasteiger partial charge in [0.2, 0.25) is 0 Å². The number of ether oxygens (including phenoxy) is 1. The molecule has 2 aromatic heterocycles. The first-order valence-corrected chi connectivity index (χ1v) is 13.3. The van der Waals surface area contributed by atoms with Crippen LogP contribution in [0.5, 0.6) is 0 Å². The van der Waals surface area contributed by atoms with Crippen LogP contribution < -0.4 is 0 Å². The number of benzene rings is 1. The number of hydrogen-bond acceptors (Lipinski definition) is 5. The molecule has 0 unspecified atom stereocenters. The van der Waals surface area contributed by atoms with Crippen molar-refractivity contribution in [2.75, 3.05) is 19.7 Å². The third kappa shape index (κ3) is 5.99. The molecule has 0 radical (unpaired) electrons. The van der Waals surface area contributed by atoms with E-state index in [2.05, 4.69) is 45.2 Å². The Balaban J connectivity index is 1.66. The largest absolute Gasteiger partial charge is 0.452 e. The molecule has 2 heterocycles. The second-order valence-electron chi connectivity index (χ2n) is 10.0. The number of fused-ring (bicyclic) bond motifs is 2. The van der Waals surface area contributed by atoms with Gasteiger partial charge in [0.15, 0.2) is 6.61 Å². The summed E-state index contributed by atoms with van der Waals surface area (Å²) < 4.78 is 5.67. The van der Waals surface area contributed by atoms with Crippen LogP contribution in [0.2, 0.25) is 0 Å². The van der Waals surface area contributed by atoms with E-state index in [1.165, 1.54) is 4.88 Å². The molecule has 0 spiro atoms. The van der Waals surface area contributed by atoms with Crippen molar-refractivity contribution >= 4 is 45.8 Å². The molecule has 0 atom stereocenters. The highest BCUT2D eigenvalue weighted by Gasteiger charge is 2.27. The Labute approximate surface area is 211 Å². The molecule has 3 aromatic rings. The van der Waals surface area contributed by atoms with E-state index in [1.807, 2.05) is 35.2 Å². The summed E-state index contributed by atoms with van der Waals surface area (Å²) in [5, 5.41) is 2.84. The Kier molecular flexibility index (Phi) is 8.01. The van der Waals surface area contributed by atoms with Crippen molar-refractivity contribution in [2.24, 2.45) is 11.8 Å². The third-order valence-electron chi connectivity index (χ3n) is 6.08. The number of carbonyl (C=O) groups is 2. The quantitative estimate of drug-likeness (QED) is 0.340. The predicted octanol–water partition coefficient (Wildman–Crippen LogP) is 6.47. The van der Waals surface area contributed by atoms with Crippen LogP contribution in [0.15, 0.2) is 41.8 Å². The van der Waals surface area contributed by atoms with Crippen LogP contribution in [0.1, 0.15) is 67.0 Å². The molecule has 0 saturated heterocycles. The molecule has 1 aliphatic carbocycles. The van der Waals surface area contributed by atoms with E-state index >= 15 is 0 Å². The Hall–Kier alpha value is -2.99. The summed E-state index contributed by atoms with van der Waals surface area (Å²) in [6.07, 6.45) is 4.81. The Morgan fingerprint density at radius 3 is 2.49 bits per heavy atom. The topological polar surface area (TPSA) is 59.5 Å². The van der Waals surface area contributed by atoms with E-state index in [0.717, 1.165) is 47.0 Å². The highest BCUT2D eigenvalue weighted by atomic mass is 32.1. The minimum atomic E-state index is -0.445. The molecular formula is C29H34N2O3S. The first kappa shape index (κ1) is 25.1. The molecule has 6 heteroatoms. The van der Waals surface area contributed by atoms with Crippen molar-refractivity contribution in [3.05, 3.63) is 63.5 Å². The van der Waals surface area contributed by atoms with Crippen LogP contribution in [0.25, 0.3) is 22.6 Å². The zero-order valence-corrected chi connectivity index (χ0v) is 21.9. The number of hydrogen-bond donors (Lipinski definition) is 0. The van der Waals surface area contributed by atoms with Crippen LogP contribution >= 0.6 is 11.3 Å². The lowest BCUT2D eigenvalue weighted by atomic mass is 9.86. The van der Waals surface area contributed by atoms with Gasteiger partial charge in [-0.05, 0) is 65.8 Å². The minimum Gasteiger partial charge on any atom is -0.452 e. The number of para-hydroxylation sites is 1. The van der Waals surface area contributed by atoms with Gasteiger partial charge >= 0.3 is 5.97 Å². The normalized spacial score (nSPS) is 14.5. The first-order valence-electron chi connectivity index (χ1n) is 12.4. The van der Waals surface area contributed by atoms with E-state index in [4.69, 9.17) is 9.72 Å². The maximum atomic E-state index is 13.5. The molecule has 35 heavy (non-hydrogen) atoms. The fourth-order valence-electron chi connectivity index (χ4n) is 4.70. The molecular weight excluding hydrogens is 456 g/mol. The van der Waals surface area contributed by atoms with Crippen LogP contribution in [-0.4, -0.2) is 41.5 Å². The van der Waals surface area contributed by atoms with E-state index in [1.54, 1.807) is 11.3 Å². The number of rotatable bonds is 8. The van der Waals surface area contributed by atoms with Crippen molar-refractivity contribution < 1.29 is 14.3 Å². The molecule has 0 aliphatic heterocycles. The van der Waals surface area contributed by atoms with Gasteiger partial charge < -0.3 is 9.64 Å². The molecule has 1 aromatic carbocycles. The number of esters is 1. The first-order chi connectivity index (χ1) is 16.8. The van der Waals surface area contributed by atoms with Crippen molar-refractivity contribution in [1.82, 2.24) is 9.88 Å². The number of pyridine rings is 1. The summed E-state index contributed by atoms with van der Waals surface area (Å²) in [4.78, 5) is 34.4. The highest BCUT2D eigenvalue weighted by molar-refractivity contribution is 7.10. The lowest BCUT2D eigenvalue weighted by Gasteiger charge is -2.26. The molecule has 1 aliphatic rings. The van der Waals surface area contributed by atoms with Crippen LogP contribution in [0.4, 0.5) is 0 Å². The molecule has 0 N–H and O–H groups in total. The molecule has 0 bridgehead atoms. The SMILES string of the molecule is CC(C)CN(CC(C)C)C(=O)COC(=O)c1c2c(nc3ccccc13)C(=Cc1cccs1)CCC2. The van der Waals surface area contributed by atoms with E-state index in [0.29, 0.717) is 30.5 Å². The van der Waals surface area contributed by atoms with E-state index in [-0.39, 0.29) is 12.5 Å². The summed E-state index contributed by atoms with van der Waals surface area (Å²) in [5.74, 6) is 0.0992. The van der Waals surface area contributed by atoms with Gasteiger partial charge in [-0.15, -0.1) is 11.3 Å². The number of allylic oxidation sites excluding steroid dienone is 1. The molecule has 4 rings (SSSR count). The lowest BCUT2D eigenvalue weighted by Crippen LogP contribution is -2.39. The molecule has 0 saturated carbocycles. The summed E-state index contributed by atoms with van der Waals surface area (Å²) in [6, 6.07) is 11.8. The zero-order chi connectivity index (χ0) is 24.9. The number of amides is 1. The second kappa shape index (κ2) is 11.2. The average Bonchev–Trinajstić information content (AvgIpc) is 3.33. The van der Waals surface area contributed by atoms with Crippen molar-refractivity contribution in [1.29, 1.82) is 0 Å². The standard InChI is InChI=1S/C29H34N2O3S/c1-19(2)16-31(17-20(3)4)26(32)18-34-29(33)27-23-11-5-6-13-25(23)30-28-21(9-7-12-24(27)28)15-22-10-8-14-35-22/h5-6,8,10-11,13-15,19-20H,7,9,12,16-18H2,1-4H3. The highest BCUT2D eigenvalue weighted by Crippen LogP contribution is 2.36. The molecule has 184 valence electrons. The van der Waals surface area contributed by atoms with Gasteiger partial charge in [0.05, 0.1) is 16.8 Å². The number of thiophene rings is 1. The summed E-state index contributed by atoms with van der Waals surface area (Å²) in [6.45, 7) is 9.40. The van der Waals surface area contributed by atoms with Crippen LogP contribution in [0.3, 0.4) is 0 Å². The van der Waals surface area contributed by atoms with Crippen LogP contribution in [0, 0.1) is 11.8 Å². The van der Waals surface area contributed by atoms with Gasteiger partial charge in [-0.25, -0.2) is 9.78 Å². The average molecular weight is 491 g/mol. The predicted molar refractivity (Wildman–Crippen MR) is 143 cm³/mol. The molecule has 0 fully saturated rings. The van der Waals surface area contributed by atoms with Crippen molar-refractivity contribution in [3.8, 4) is 0 Å². The lowest BCUT2D eigenvalue weighted by molar-refractivity contribution is -0.135. The van der Waals surface area contributed by atoms with Gasteiger partial charge in [0.25, 0.3) is 5.91 Å². The smallest absolute Gasteiger partial charge is 0.339 e. The Bertz CT molecular complexity index is 1220. The monoisotopic (exact) mass is 490 g/mol. The summed E-state index contributed by atoms with van der Waals surface area (Å²) in [5.41, 5.74) is 4.27. The fourth-order valence-corrected chi connectivity index (χ4v) is 5.39. The Morgan fingerprint density at radius 2 is 1.80 bits per heavy atom.